The van der Waals surface area contributed by atoms with Crippen LogP contribution in [0.1, 0.15) is 16.1 Å². The molecule has 0 radical (unpaired) electrons. The summed E-state index contributed by atoms with van der Waals surface area (Å²) in [7, 11) is 0. The molecular weight excluding hydrogens is 377 g/mol. The molecule has 4 nitrogen and oxygen atoms in total. The minimum absolute atomic E-state index is 0.0659. The SMILES string of the molecule is O=c1[nH]c(-c2ccc(Cl)cc2)nc2c1CN(Cc1ccc(Cl)s1)CC2. The van der Waals surface area contributed by atoms with Gasteiger partial charge in [-0.3, -0.25) is 9.69 Å². The third-order valence-electron chi connectivity index (χ3n) is 4.27. The Morgan fingerprint density at radius 3 is 2.68 bits per heavy atom. The maximum absolute atomic E-state index is 12.6. The number of aromatic amines is 1. The Morgan fingerprint density at radius 1 is 1.16 bits per heavy atom. The van der Waals surface area contributed by atoms with Crippen LogP contribution in [-0.2, 0) is 19.5 Å². The first-order chi connectivity index (χ1) is 12.1. The Labute approximate surface area is 159 Å². The minimum Gasteiger partial charge on any atom is -0.306 e. The van der Waals surface area contributed by atoms with Crippen LogP contribution < -0.4 is 5.56 Å². The molecule has 128 valence electrons. The molecule has 1 aliphatic rings. The van der Waals surface area contributed by atoms with E-state index in [2.05, 4.69) is 14.9 Å². The molecule has 4 rings (SSSR count). The molecule has 1 aliphatic heterocycles. The zero-order chi connectivity index (χ0) is 17.4. The number of nitrogens with one attached hydrogen (secondary N) is 1. The summed E-state index contributed by atoms with van der Waals surface area (Å²) in [6.07, 6.45) is 0.763. The highest BCUT2D eigenvalue weighted by atomic mass is 35.5. The van der Waals surface area contributed by atoms with Gasteiger partial charge in [-0.15, -0.1) is 11.3 Å². The highest BCUT2D eigenvalue weighted by Crippen LogP contribution is 2.25. The van der Waals surface area contributed by atoms with Gasteiger partial charge in [-0.25, -0.2) is 4.98 Å². The Kier molecular flexibility index (Phi) is 4.65. The second kappa shape index (κ2) is 6.92. The summed E-state index contributed by atoms with van der Waals surface area (Å²) in [6, 6.07) is 11.3. The number of benzene rings is 1. The second-order valence-electron chi connectivity index (χ2n) is 6.01. The van der Waals surface area contributed by atoms with Crippen LogP contribution in [0.3, 0.4) is 0 Å². The van der Waals surface area contributed by atoms with Crippen molar-refractivity contribution in [1.82, 2.24) is 14.9 Å². The maximum Gasteiger partial charge on any atom is 0.255 e. The zero-order valence-corrected chi connectivity index (χ0v) is 15.6. The molecule has 2 aromatic heterocycles. The summed E-state index contributed by atoms with van der Waals surface area (Å²) in [5.41, 5.74) is 2.43. The summed E-state index contributed by atoms with van der Waals surface area (Å²) in [5.74, 6) is 0.596. The molecule has 3 aromatic rings. The van der Waals surface area contributed by atoms with Gasteiger partial charge >= 0.3 is 0 Å². The van der Waals surface area contributed by atoms with Crippen LogP contribution in [-0.4, -0.2) is 21.4 Å². The van der Waals surface area contributed by atoms with Gasteiger partial charge in [0.05, 0.1) is 15.6 Å². The third kappa shape index (κ3) is 3.65. The van der Waals surface area contributed by atoms with E-state index in [9.17, 15) is 4.79 Å². The predicted molar refractivity (Wildman–Crippen MR) is 102 cm³/mol. The molecule has 3 heterocycles. The lowest BCUT2D eigenvalue weighted by atomic mass is 10.1. The molecule has 0 atom stereocenters. The average molecular weight is 392 g/mol. The first-order valence-corrected chi connectivity index (χ1v) is 9.50. The number of aromatic nitrogens is 2. The van der Waals surface area contributed by atoms with E-state index in [1.165, 1.54) is 4.88 Å². The molecule has 0 amide bonds. The molecule has 0 unspecified atom stereocenters. The van der Waals surface area contributed by atoms with Gasteiger partial charge in [0, 0.05) is 41.5 Å². The Hall–Kier alpha value is -1.66. The van der Waals surface area contributed by atoms with Crippen LogP contribution in [0.4, 0.5) is 0 Å². The monoisotopic (exact) mass is 391 g/mol. The van der Waals surface area contributed by atoms with Crippen LogP contribution in [0.5, 0.6) is 0 Å². The van der Waals surface area contributed by atoms with Crippen LogP contribution in [0, 0.1) is 0 Å². The summed E-state index contributed by atoms with van der Waals surface area (Å²) >= 11 is 13.5. The van der Waals surface area contributed by atoms with E-state index in [0.29, 0.717) is 17.4 Å². The smallest absolute Gasteiger partial charge is 0.255 e. The molecule has 0 fully saturated rings. The number of halogens is 2. The number of nitrogens with zero attached hydrogens (tertiary/aromatic N) is 2. The summed E-state index contributed by atoms with van der Waals surface area (Å²) in [6.45, 7) is 2.28. The van der Waals surface area contributed by atoms with E-state index in [1.807, 2.05) is 24.3 Å². The first-order valence-electron chi connectivity index (χ1n) is 7.93. The molecule has 0 spiro atoms. The van der Waals surface area contributed by atoms with Crippen molar-refractivity contribution < 1.29 is 0 Å². The van der Waals surface area contributed by atoms with Crippen molar-refractivity contribution in [3.63, 3.8) is 0 Å². The highest BCUT2D eigenvalue weighted by Gasteiger charge is 2.22. The minimum atomic E-state index is -0.0659. The Bertz CT molecular complexity index is 965. The molecular formula is C18H15Cl2N3OS. The number of hydrogen-bond donors (Lipinski definition) is 1. The van der Waals surface area contributed by atoms with Gasteiger partial charge in [0.15, 0.2) is 0 Å². The summed E-state index contributed by atoms with van der Waals surface area (Å²) < 4.78 is 0.791. The van der Waals surface area contributed by atoms with E-state index in [1.54, 1.807) is 23.5 Å². The molecule has 1 N–H and O–H groups in total. The van der Waals surface area contributed by atoms with Gasteiger partial charge in [0.2, 0.25) is 0 Å². The average Bonchev–Trinajstić information content (AvgIpc) is 3.01. The first kappa shape index (κ1) is 16.8. The fourth-order valence-corrected chi connectivity index (χ4v) is 4.27. The van der Waals surface area contributed by atoms with Crippen LogP contribution in [0.25, 0.3) is 11.4 Å². The van der Waals surface area contributed by atoms with Gasteiger partial charge in [-0.1, -0.05) is 23.2 Å². The lowest BCUT2D eigenvalue weighted by Gasteiger charge is -2.27. The molecule has 1 aromatic carbocycles. The van der Waals surface area contributed by atoms with Crippen molar-refractivity contribution in [3.8, 4) is 11.4 Å². The van der Waals surface area contributed by atoms with Crippen molar-refractivity contribution in [2.75, 3.05) is 6.54 Å². The van der Waals surface area contributed by atoms with Crippen molar-refractivity contribution in [3.05, 3.63) is 72.2 Å². The molecule has 0 saturated carbocycles. The van der Waals surface area contributed by atoms with Gasteiger partial charge in [0.1, 0.15) is 5.82 Å². The number of thiophene rings is 1. The molecule has 0 aliphatic carbocycles. The fourth-order valence-electron chi connectivity index (χ4n) is 3.02. The second-order valence-corrected chi connectivity index (χ2v) is 8.25. The summed E-state index contributed by atoms with van der Waals surface area (Å²) in [5, 5.41) is 0.661. The standard InChI is InChI=1S/C18H15Cl2N3OS/c19-12-3-1-11(2-4-12)17-21-15-7-8-23(10-14(15)18(24)22-17)9-13-5-6-16(20)25-13/h1-6H,7-10H2,(H,21,22,24). The Balaban J connectivity index is 1.59. The number of rotatable bonds is 3. The normalized spacial score (nSPS) is 14.5. The van der Waals surface area contributed by atoms with Gasteiger partial charge in [0.25, 0.3) is 5.56 Å². The molecule has 25 heavy (non-hydrogen) atoms. The van der Waals surface area contributed by atoms with Crippen LogP contribution >= 0.6 is 34.5 Å². The zero-order valence-electron chi connectivity index (χ0n) is 13.3. The lowest BCUT2D eigenvalue weighted by Crippen LogP contribution is -2.35. The Morgan fingerprint density at radius 2 is 1.96 bits per heavy atom. The summed E-state index contributed by atoms with van der Waals surface area (Å²) in [4.78, 5) is 23.6. The molecule has 0 bridgehead atoms. The van der Waals surface area contributed by atoms with E-state index in [4.69, 9.17) is 23.2 Å². The third-order valence-corrected chi connectivity index (χ3v) is 5.74. The number of hydrogen-bond acceptors (Lipinski definition) is 4. The van der Waals surface area contributed by atoms with E-state index in [0.717, 1.165) is 40.7 Å². The van der Waals surface area contributed by atoms with Crippen molar-refractivity contribution in [2.45, 2.75) is 19.5 Å². The number of H-pyrrole nitrogens is 1. The van der Waals surface area contributed by atoms with Gasteiger partial charge < -0.3 is 4.98 Å². The molecule has 0 saturated heterocycles. The maximum atomic E-state index is 12.6. The van der Waals surface area contributed by atoms with Crippen molar-refractivity contribution in [2.24, 2.45) is 0 Å². The van der Waals surface area contributed by atoms with Gasteiger partial charge in [-0.2, -0.15) is 0 Å². The fraction of sp³-hybridized carbons (Fsp3) is 0.222. The van der Waals surface area contributed by atoms with Crippen LogP contribution in [0.15, 0.2) is 41.2 Å². The van der Waals surface area contributed by atoms with Gasteiger partial charge in [-0.05, 0) is 36.4 Å². The van der Waals surface area contributed by atoms with E-state index < -0.39 is 0 Å². The van der Waals surface area contributed by atoms with Crippen LogP contribution in [0.2, 0.25) is 9.36 Å². The topological polar surface area (TPSA) is 49.0 Å². The van der Waals surface area contributed by atoms with E-state index in [-0.39, 0.29) is 5.56 Å². The highest BCUT2D eigenvalue weighted by molar-refractivity contribution is 7.16. The van der Waals surface area contributed by atoms with E-state index >= 15 is 0 Å². The quantitative estimate of drug-likeness (QED) is 0.721. The predicted octanol–water partition coefficient (Wildman–Crippen LogP) is 4.36. The number of fused-ring (bicyclic) bond motifs is 1. The van der Waals surface area contributed by atoms with Crippen molar-refractivity contribution in [1.29, 1.82) is 0 Å². The van der Waals surface area contributed by atoms with Crippen molar-refractivity contribution >= 4 is 34.5 Å². The largest absolute Gasteiger partial charge is 0.306 e. The lowest BCUT2D eigenvalue weighted by molar-refractivity contribution is 0.244. The molecule has 7 heteroatoms.